The molecular formula is C17H15ClN4O3S. The van der Waals surface area contributed by atoms with E-state index < -0.39 is 9.84 Å². The fourth-order valence-electron chi connectivity index (χ4n) is 2.39. The van der Waals surface area contributed by atoms with Crippen molar-refractivity contribution in [1.82, 2.24) is 20.5 Å². The third kappa shape index (κ3) is 4.09. The molecule has 7 nitrogen and oxygen atoms in total. The zero-order valence-electron chi connectivity index (χ0n) is 13.7. The van der Waals surface area contributed by atoms with Gasteiger partial charge in [-0.1, -0.05) is 29.8 Å². The molecule has 3 rings (SSSR count). The highest BCUT2D eigenvalue weighted by molar-refractivity contribution is 7.90. The highest BCUT2D eigenvalue weighted by Gasteiger charge is 2.13. The van der Waals surface area contributed by atoms with Crippen molar-refractivity contribution in [2.75, 3.05) is 6.26 Å². The number of hydrogen-bond acceptors (Lipinski definition) is 5. The van der Waals surface area contributed by atoms with Crippen LogP contribution < -0.4 is 5.32 Å². The maximum atomic E-state index is 12.4. The van der Waals surface area contributed by atoms with Crippen LogP contribution >= 0.6 is 11.6 Å². The fourth-order valence-corrected chi connectivity index (χ4v) is 3.74. The zero-order chi connectivity index (χ0) is 18.7. The lowest BCUT2D eigenvalue weighted by molar-refractivity contribution is 0.0951. The van der Waals surface area contributed by atoms with Crippen LogP contribution in [0.4, 0.5) is 0 Å². The zero-order valence-corrected chi connectivity index (χ0v) is 15.3. The van der Waals surface area contributed by atoms with Gasteiger partial charge in [0, 0.05) is 23.9 Å². The maximum Gasteiger partial charge on any atom is 0.251 e. The van der Waals surface area contributed by atoms with E-state index in [1.807, 2.05) is 6.07 Å². The lowest BCUT2D eigenvalue weighted by Gasteiger charge is -2.08. The second kappa shape index (κ2) is 7.27. The second-order valence-corrected chi connectivity index (χ2v) is 8.03. The third-order valence-electron chi connectivity index (χ3n) is 3.66. The van der Waals surface area contributed by atoms with Crippen molar-refractivity contribution in [2.45, 2.75) is 11.4 Å². The summed E-state index contributed by atoms with van der Waals surface area (Å²) >= 11 is 6.02. The van der Waals surface area contributed by atoms with Gasteiger partial charge in [-0.25, -0.2) is 13.4 Å². The number of carbonyl (C=O) groups is 1. The number of amides is 1. The van der Waals surface area contributed by atoms with Crippen molar-refractivity contribution < 1.29 is 13.2 Å². The highest BCUT2D eigenvalue weighted by atomic mass is 35.5. The largest absolute Gasteiger partial charge is 0.348 e. The molecule has 2 N–H and O–H groups in total. The number of sulfone groups is 1. The first-order valence-electron chi connectivity index (χ1n) is 7.57. The number of nitrogens with zero attached hydrogens (tertiary/aromatic N) is 2. The topological polar surface area (TPSA) is 105 Å². The molecule has 0 radical (unpaired) electrons. The smallest absolute Gasteiger partial charge is 0.251 e. The molecule has 9 heteroatoms. The van der Waals surface area contributed by atoms with Gasteiger partial charge in [-0.05, 0) is 29.8 Å². The average molecular weight is 391 g/mol. The first kappa shape index (κ1) is 18.1. The van der Waals surface area contributed by atoms with Crippen LogP contribution in [0.5, 0.6) is 0 Å². The van der Waals surface area contributed by atoms with Gasteiger partial charge >= 0.3 is 0 Å². The van der Waals surface area contributed by atoms with Crippen LogP contribution in [0.3, 0.4) is 0 Å². The van der Waals surface area contributed by atoms with E-state index in [9.17, 15) is 13.2 Å². The van der Waals surface area contributed by atoms with Gasteiger partial charge in [0.25, 0.3) is 5.91 Å². The van der Waals surface area contributed by atoms with Crippen LogP contribution in [0, 0.1) is 0 Å². The minimum absolute atomic E-state index is 0.0639. The van der Waals surface area contributed by atoms with Gasteiger partial charge in [-0.3, -0.25) is 9.89 Å². The standard InChI is InChI=1S/C17H15ClN4O3S/c1-26(24,25)15-6-5-11(7-14(15)18)9-19-17(23)13-4-2-3-12(8-13)16-20-10-21-22-16/h2-8,10H,9H2,1H3,(H,19,23)(H,20,21,22). The second-order valence-electron chi connectivity index (χ2n) is 5.63. The first-order chi connectivity index (χ1) is 12.3. The van der Waals surface area contributed by atoms with E-state index in [-0.39, 0.29) is 22.4 Å². The number of hydrogen-bond donors (Lipinski definition) is 2. The van der Waals surface area contributed by atoms with E-state index in [2.05, 4.69) is 20.5 Å². The number of halogens is 1. The van der Waals surface area contributed by atoms with Crippen molar-refractivity contribution >= 4 is 27.3 Å². The molecule has 0 unspecified atom stereocenters. The van der Waals surface area contributed by atoms with E-state index in [1.54, 1.807) is 24.3 Å². The Balaban J connectivity index is 1.72. The molecule has 2 aromatic carbocycles. The molecule has 1 aromatic heterocycles. The number of benzene rings is 2. The predicted molar refractivity (Wildman–Crippen MR) is 97.6 cm³/mol. The Morgan fingerprint density at radius 3 is 2.69 bits per heavy atom. The first-order valence-corrected chi connectivity index (χ1v) is 9.84. The van der Waals surface area contributed by atoms with Crippen molar-refractivity contribution in [2.24, 2.45) is 0 Å². The van der Waals surface area contributed by atoms with E-state index >= 15 is 0 Å². The maximum absolute atomic E-state index is 12.4. The lowest BCUT2D eigenvalue weighted by Crippen LogP contribution is -2.22. The molecule has 0 fully saturated rings. The Bertz CT molecular complexity index is 1050. The van der Waals surface area contributed by atoms with Gasteiger partial charge in [-0.2, -0.15) is 5.10 Å². The number of aromatic nitrogens is 3. The summed E-state index contributed by atoms with van der Waals surface area (Å²) in [6.07, 6.45) is 2.49. The summed E-state index contributed by atoms with van der Waals surface area (Å²) < 4.78 is 23.2. The van der Waals surface area contributed by atoms with E-state index in [0.29, 0.717) is 17.0 Å². The normalized spacial score (nSPS) is 11.3. The summed E-state index contributed by atoms with van der Waals surface area (Å²) in [5.41, 5.74) is 1.91. The van der Waals surface area contributed by atoms with Crippen LogP contribution in [0.15, 0.2) is 53.7 Å². The van der Waals surface area contributed by atoms with Gasteiger partial charge in [0.2, 0.25) is 0 Å². The van der Waals surface area contributed by atoms with Crippen LogP contribution in [0.1, 0.15) is 15.9 Å². The molecule has 0 atom stereocenters. The number of H-pyrrole nitrogens is 1. The van der Waals surface area contributed by atoms with E-state index in [4.69, 9.17) is 11.6 Å². The van der Waals surface area contributed by atoms with Gasteiger partial charge in [0.1, 0.15) is 6.33 Å². The monoisotopic (exact) mass is 390 g/mol. The summed E-state index contributed by atoms with van der Waals surface area (Å²) in [5.74, 6) is 0.303. The molecular weight excluding hydrogens is 376 g/mol. The van der Waals surface area contributed by atoms with Gasteiger partial charge in [-0.15, -0.1) is 0 Å². The molecule has 0 aliphatic carbocycles. The molecule has 0 aliphatic rings. The quantitative estimate of drug-likeness (QED) is 0.696. The van der Waals surface area contributed by atoms with Crippen molar-refractivity contribution in [1.29, 1.82) is 0 Å². The molecule has 1 heterocycles. The van der Waals surface area contributed by atoms with E-state index in [1.165, 1.54) is 18.5 Å². The molecule has 1 amide bonds. The Kier molecular flexibility index (Phi) is 5.06. The lowest BCUT2D eigenvalue weighted by atomic mass is 10.1. The number of nitrogens with one attached hydrogen (secondary N) is 2. The SMILES string of the molecule is CS(=O)(=O)c1ccc(CNC(=O)c2cccc(-c3ncn[nH]3)c2)cc1Cl. The van der Waals surface area contributed by atoms with Crippen LogP contribution in [-0.2, 0) is 16.4 Å². The molecule has 0 saturated heterocycles. The van der Waals surface area contributed by atoms with Crippen molar-refractivity contribution in [3.8, 4) is 11.4 Å². The number of carbonyl (C=O) groups excluding carboxylic acids is 1. The summed E-state index contributed by atoms with van der Waals surface area (Å²) in [6.45, 7) is 0.217. The molecule has 0 aliphatic heterocycles. The molecule has 0 bridgehead atoms. The summed E-state index contributed by atoms with van der Waals surface area (Å²) in [5, 5.41) is 9.45. The fraction of sp³-hybridized carbons (Fsp3) is 0.118. The number of aromatic amines is 1. The van der Waals surface area contributed by atoms with Crippen LogP contribution in [0.2, 0.25) is 5.02 Å². The molecule has 0 spiro atoms. The van der Waals surface area contributed by atoms with Crippen molar-refractivity contribution in [3.05, 3.63) is 64.9 Å². The average Bonchev–Trinajstić information content (AvgIpc) is 3.13. The third-order valence-corrected chi connectivity index (χ3v) is 5.24. The summed E-state index contributed by atoms with van der Waals surface area (Å²) in [6, 6.07) is 11.6. The highest BCUT2D eigenvalue weighted by Crippen LogP contribution is 2.22. The Labute approximate surface area is 155 Å². The van der Waals surface area contributed by atoms with Crippen LogP contribution in [0.25, 0.3) is 11.4 Å². The molecule has 0 saturated carbocycles. The molecule has 3 aromatic rings. The number of rotatable bonds is 5. The van der Waals surface area contributed by atoms with Crippen molar-refractivity contribution in [3.63, 3.8) is 0 Å². The molecule has 134 valence electrons. The minimum atomic E-state index is -3.38. The van der Waals surface area contributed by atoms with E-state index in [0.717, 1.165) is 11.8 Å². The van der Waals surface area contributed by atoms with Gasteiger partial charge in [0.15, 0.2) is 15.7 Å². The summed E-state index contributed by atoms with van der Waals surface area (Å²) in [7, 11) is -3.38. The summed E-state index contributed by atoms with van der Waals surface area (Å²) in [4.78, 5) is 16.5. The predicted octanol–water partition coefficient (Wildman–Crippen LogP) is 2.46. The van der Waals surface area contributed by atoms with Gasteiger partial charge < -0.3 is 5.32 Å². The molecule has 26 heavy (non-hydrogen) atoms. The Morgan fingerprint density at radius 1 is 1.23 bits per heavy atom. The van der Waals surface area contributed by atoms with Crippen LogP contribution in [-0.4, -0.2) is 35.8 Å². The van der Waals surface area contributed by atoms with Gasteiger partial charge in [0.05, 0.1) is 9.92 Å². The Hall–Kier alpha value is -2.71. The minimum Gasteiger partial charge on any atom is -0.348 e. The Morgan fingerprint density at radius 2 is 2.04 bits per heavy atom.